The van der Waals surface area contributed by atoms with Gasteiger partial charge in [-0.1, -0.05) is 53.7 Å². The molecule has 1 aliphatic rings. The maximum Gasteiger partial charge on any atom is 0.363 e. The van der Waals surface area contributed by atoms with Crippen molar-refractivity contribution in [3.63, 3.8) is 0 Å². The van der Waals surface area contributed by atoms with Gasteiger partial charge in [0.15, 0.2) is 5.70 Å². The molecular weight excluding hydrogens is 316 g/mol. The molecule has 0 saturated heterocycles. The number of allylic oxidation sites excluding steroid dienone is 3. The lowest BCUT2D eigenvalue weighted by Crippen LogP contribution is -2.04. The molecule has 3 rings (SSSR count). The van der Waals surface area contributed by atoms with E-state index in [4.69, 9.17) is 10.3 Å². The Hall–Kier alpha value is -3.63. The number of cyclic esters (lactones) is 1. The van der Waals surface area contributed by atoms with Gasteiger partial charge in [-0.05, 0) is 41.8 Å². The van der Waals surface area contributed by atoms with E-state index in [1.807, 2.05) is 49.4 Å². The highest BCUT2D eigenvalue weighted by Crippen LogP contribution is 2.21. The molecule has 6 nitrogen and oxygen atoms in total. The molecule has 6 heteroatoms. The monoisotopic (exact) mass is 330 g/mol. The SMILES string of the molecule is CC(=CC=C1N=C(c2ccccc2)OC1=O)c1ccc(N=[N+]=[N-])cc1. The maximum absolute atomic E-state index is 11.9. The summed E-state index contributed by atoms with van der Waals surface area (Å²) in [6.45, 7) is 1.92. The summed E-state index contributed by atoms with van der Waals surface area (Å²) in [4.78, 5) is 18.9. The molecule has 0 saturated carbocycles. The lowest BCUT2D eigenvalue weighted by atomic mass is 10.1. The number of carbonyl (C=O) groups excluding carboxylic acids is 1. The number of azide groups is 1. The lowest BCUT2D eigenvalue weighted by molar-refractivity contribution is -0.130. The average Bonchev–Trinajstić information content (AvgIpc) is 3.02. The molecule has 2 aromatic carbocycles. The van der Waals surface area contributed by atoms with Gasteiger partial charge in [0.25, 0.3) is 0 Å². The van der Waals surface area contributed by atoms with Crippen molar-refractivity contribution in [2.24, 2.45) is 10.1 Å². The summed E-state index contributed by atoms with van der Waals surface area (Å²) in [6, 6.07) is 16.4. The number of rotatable bonds is 4. The number of benzene rings is 2. The minimum Gasteiger partial charge on any atom is -0.402 e. The van der Waals surface area contributed by atoms with Crippen molar-refractivity contribution in [2.75, 3.05) is 0 Å². The minimum atomic E-state index is -0.471. The summed E-state index contributed by atoms with van der Waals surface area (Å²) in [5.74, 6) is -0.164. The summed E-state index contributed by atoms with van der Waals surface area (Å²) in [6.07, 6.45) is 3.44. The van der Waals surface area contributed by atoms with Gasteiger partial charge in [0.1, 0.15) is 0 Å². The molecule has 0 N–H and O–H groups in total. The highest BCUT2D eigenvalue weighted by Gasteiger charge is 2.23. The number of aliphatic imine (C=N–C) groups is 1. The zero-order valence-electron chi connectivity index (χ0n) is 13.5. The summed E-state index contributed by atoms with van der Waals surface area (Å²) in [5, 5.41) is 3.53. The fraction of sp³-hybridized carbons (Fsp3) is 0.0526. The van der Waals surface area contributed by atoms with Gasteiger partial charge in [-0.2, -0.15) is 0 Å². The van der Waals surface area contributed by atoms with E-state index in [2.05, 4.69) is 15.0 Å². The number of esters is 1. The lowest BCUT2D eigenvalue weighted by Gasteiger charge is -2.00. The first kappa shape index (κ1) is 16.2. The van der Waals surface area contributed by atoms with Crippen LogP contribution in [0, 0.1) is 0 Å². The standard InChI is InChI=1S/C19H14N4O2/c1-13(14-8-10-16(11-9-14)22-23-20)7-12-17-19(24)25-18(21-17)15-5-3-2-4-6-15/h2-12H,1H3. The smallest absolute Gasteiger partial charge is 0.363 e. The first-order valence-corrected chi connectivity index (χ1v) is 7.58. The molecule has 0 spiro atoms. The summed E-state index contributed by atoms with van der Waals surface area (Å²) in [5.41, 5.74) is 11.9. The molecule has 1 aliphatic heterocycles. The summed E-state index contributed by atoms with van der Waals surface area (Å²) in [7, 11) is 0. The van der Waals surface area contributed by atoms with Crippen LogP contribution >= 0.6 is 0 Å². The van der Waals surface area contributed by atoms with Crippen LogP contribution < -0.4 is 0 Å². The Morgan fingerprint density at radius 2 is 1.88 bits per heavy atom. The Kier molecular flexibility index (Phi) is 4.74. The molecule has 0 fully saturated rings. The van der Waals surface area contributed by atoms with Gasteiger partial charge in [0, 0.05) is 16.2 Å². The van der Waals surface area contributed by atoms with Crippen molar-refractivity contribution < 1.29 is 9.53 Å². The first-order valence-electron chi connectivity index (χ1n) is 7.58. The van der Waals surface area contributed by atoms with Gasteiger partial charge >= 0.3 is 5.97 Å². The normalized spacial score (nSPS) is 15.6. The predicted octanol–water partition coefficient (Wildman–Crippen LogP) is 4.92. The Morgan fingerprint density at radius 1 is 1.16 bits per heavy atom. The largest absolute Gasteiger partial charge is 0.402 e. The second-order valence-electron chi connectivity index (χ2n) is 5.31. The zero-order chi connectivity index (χ0) is 17.6. The van der Waals surface area contributed by atoms with Crippen LogP contribution in [0.15, 0.2) is 82.6 Å². The molecule has 25 heavy (non-hydrogen) atoms. The third kappa shape index (κ3) is 3.83. The number of hydrogen-bond donors (Lipinski definition) is 0. The van der Waals surface area contributed by atoms with Crippen molar-refractivity contribution in [1.29, 1.82) is 0 Å². The van der Waals surface area contributed by atoms with Crippen molar-refractivity contribution in [1.82, 2.24) is 0 Å². The Morgan fingerprint density at radius 3 is 2.56 bits per heavy atom. The van der Waals surface area contributed by atoms with Crippen LogP contribution in [-0.2, 0) is 9.53 Å². The van der Waals surface area contributed by atoms with E-state index < -0.39 is 5.97 Å². The molecule has 0 radical (unpaired) electrons. The first-order chi connectivity index (χ1) is 12.2. The van der Waals surface area contributed by atoms with Gasteiger partial charge in [0.05, 0.1) is 0 Å². The highest BCUT2D eigenvalue weighted by atomic mass is 16.6. The van der Waals surface area contributed by atoms with Gasteiger partial charge in [-0.15, -0.1) is 0 Å². The minimum absolute atomic E-state index is 0.254. The van der Waals surface area contributed by atoms with E-state index in [1.165, 1.54) is 0 Å². The topological polar surface area (TPSA) is 87.4 Å². The molecule has 0 aliphatic carbocycles. The molecule has 0 amide bonds. The Bertz CT molecular complexity index is 935. The number of ether oxygens (including phenoxy) is 1. The van der Waals surface area contributed by atoms with Gasteiger partial charge in [-0.3, -0.25) is 0 Å². The van der Waals surface area contributed by atoms with Crippen LogP contribution in [0.3, 0.4) is 0 Å². The van der Waals surface area contributed by atoms with E-state index in [-0.39, 0.29) is 5.70 Å². The quantitative estimate of drug-likeness (QED) is 0.262. The summed E-state index contributed by atoms with van der Waals surface area (Å²) < 4.78 is 5.21. The van der Waals surface area contributed by atoms with Crippen LogP contribution in [0.25, 0.3) is 16.0 Å². The van der Waals surface area contributed by atoms with E-state index in [0.29, 0.717) is 11.6 Å². The number of hydrogen-bond acceptors (Lipinski definition) is 4. The van der Waals surface area contributed by atoms with E-state index in [9.17, 15) is 4.79 Å². The Labute approximate surface area is 144 Å². The maximum atomic E-state index is 11.9. The van der Waals surface area contributed by atoms with Gasteiger partial charge in [0.2, 0.25) is 5.90 Å². The number of nitrogens with zero attached hydrogens (tertiary/aromatic N) is 4. The van der Waals surface area contributed by atoms with Crippen LogP contribution in [0.5, 0.6) is 0 Å². The van der Waals surface area contributed by atoms with Crippen molar-refractivity contribution in [2.45, 2.75) is 6.92 Å². The van der Waals surface area contributed by atoms with Crippen LogP contribution in [0.1, 0.15) is 18.1 Å². The third-order valence-electron chi connectivity index (χ3n) is 3.62. The van der Waals surface area contributed by atoms with E-state index >= 15 is 0 Å². The van der Waals surface area contributed by atoms with Gasteiger partial charge < -0.3 is 4.74 Å². The van der Waals surface area contributed by atoms with Crippen molar-refractivity contribution in [3.8, 4) is 0 Å². The summed E-state index contributed by atoms with van der Waals surface area (Å²) >= 11 is 0. The fourth-order valence-corrected chi connectivity index (χ4v) is 2.27. The fourth-order valence-electron chi connectivity index (χ4n) is 2.27. The molecule has 0 bridgehead atoms. The molecule has 0 unspecified atom stereocenters. The molecule has 0 atom stereocenters. The second-order valence-corrected chi connectivity index (χ2v) is 5.31. The van der Waals surface area contributed by atoms with E-state index in [0.717, 1.165) is 16.7 Å². The van der Waals surface area contributed by atoms with Crippen LogP contribution in [-0.4, -0.2) is 11.9 Å². The molecule has 1 heterocycles. The average molecular weight is 330 g/mol. The molecule has 0 aromatic heterocycles. The molecule has 122 valence electrons. The van der Waals surface area contributed by atoms with Gasteiger partial charge in [-0.25, -0.2) is 9.79 Å². The number of carbonyl (C=O) groups is 1. The van der Waals surface area contributed by atoms with E-state index in [1.54, 1.807) is 24.3 Å². The molecule has 2 aromatic rings. The third-order valence-corrected chi connectivity index (χ3v) is 3.62. The van der Waals surface area contributed by atoms with Crippen molar-refractivity contribution in [3.05, 3.63) is 94.0 Å². The Balaban J connectivity index is 1.82. The molecular formula is C19H14N4O2. The highest BCUT2D eigenvalue weighted by molar-refractivity contribution is 6.11. The van der Waals surface area contributed by atoms with Crippen LogP contribution in [0.2, 0.25) is 0 Å². The predicted molar refractivity (Wildman–Crippen MR) is 96.1 cm³/mol. The zero-order valence-corrected chi connectivity index (χ0v) is 13.5. The second kappa shape index (κ2) is 7.29. The van der Waals surface area contributed by atoms with Crippen LogP contribution in [0.4, 0.5) is 5.69 Å². The van der Waals surface area contributed by atoms with Crippen molar-refractivity contribution >= 4 is 23.1 Å².